The van der Waals surface area contributed by atoms with Gasteiger partial charge in [0.25, 0.3) is 0 Å². The Hall–Kier alpha value is -1.65. The largest absolute Gasteiger partial charge is 0.507 e. The normalized spacial score (nSPS) is 13.8. The van der Waals surface area contributed by atoms with Gasteiger partial charge in [0.05, 0.1) is 19.5 Å². The molecule has 0 aromatic heterocycles. The monoisotopic (exact) mass is 475 g/mol. The van der Waals surface area contributed by atoms with E-state index in [9.17, 15) is 9.67 Å². The summed E-state index contributed by atoms with van der Waals surface area (Å²) in [4.78, 5) is 0. The van der Waals surface area contributed by atoms with E-state index in [1.165, 1.54) is 5.56 Å². The first kappa shape index (κ1) is 27.6. The summed E-state index contributed by atoms with van der Waals surface area (Å²) in [6.45, 7) is 16.9. The number of hydrogen-bond donors (Lipinski definition) is 2. The molecule has 0 heterocycles. The molecule has 0 aliphatic heterocycles. The van der Waals surface area contributed by atoms with Gasteiger partial charge in [-0.3, -0.25) is 9.88 Å². The standard InChI is InChI=1S/C27H42NO4P/c1-9-31-33(30,32-10-2)19-28-24(16-20-14-12-11-13-15-20)21-17-22(26(3,4)5)25(29)23(18-21)27(6,7)8/h11-15,17-18,24,28-29H,9-10,16,19H2,1-8H3. The molecule has 2 rings (SSSR count). The van der Waals surface area contributed by atoms with E-state index in [-0.39, 0.29) is 23.2 Å². The molecule has 0 bridgehead atoms. The van der Waals surface area contributed by atoms with Crippen LogP contribution in [0.15, 0.2) is 42.5 Å². The van der Waals surface area contributed by atoms with Gasteiger partial charge in [0, 0.05) is 6.04 Å². The summed E-state index contributed by atoms with van der Waals surface area (Å²) < 4.78 is 24.2. The van der Waals surface area contributed by atoms with E-state index in [0.29, 0.717) is 25.4 Å². The molecule has 0 fully saturated rings. The molecular formula is C27H42NO4P. The minimum Gasteiger partial charge on any atom is -0.507 e. The van der Waals surface area contributed by atoms with Crippen molar-refractivity contribution in [2.75, 3.05) is 19.5 Å². The lowest BCUT2D eigenvalue weighted by molar-refractivity contribution is 0.216. The third-order valence-corrected chi connectivity index (χ3v) is 7.49. The Morgan fingerprint density at radius 1 is 0.909 bits per heavy atom. The van der Waals surface area contributed by atoms with Gasteiger partial charge >= 0.3 is 7.60 Å². The van der Waals surface area contributed by atoms with Crippen LogP contribution in [-0.2, 0) is 30.9 Å². The summed E-state index contributed by atoms with van der Waals surface area (Å²) in [5, 5.41) is 14.6. The van der Waals surface area contributed by atoms with Gasteiger partial charge in [-0.05, 0) is 65.5 Å². The molecule has 2 N–H and O–H groups in total. The predicted molar refractivity (Wildman–Crippen MR) is 137 cm³/mol. The van der Waals surface area contributed by atoms with Gasteiger partial charge in [0.2, 0.25) is 0 Å². The Labute approximate surface area is 200 Å². The fourth-order valence-electron chi connectivity index (χ4n) is 3.90. The molecule has 0 radical (unpaired) electrons. The number of nitrogens with one attached hydrogen (secondary N) is 1. The van der Waals surface area contributed by atoms with Crippen LogP contribution < -0.4 is 5.32 Å². The van der Waals surface area contributed by atoms with Crippen molar-refractivity contribution in [3.05, 3.63) is 64.7 Å². The van der Waals surface area contributed by atoms with Gasteiger partial charge in [-0.1, -0.05) is 71.9 Å². The van der Waals surface area contributed by atoms with E-state index in [4.69, 9.17) is 9.05 Å². The van der Waals surface area contributed by atoms with E-state index in [0.717, 1.165) is 16.7 Å². The van der Waals surface area contributed by atoms with Gasteiger partial charge in [-0.15, -0.1) is 0 Å². The molecule has 1 unspecified atom stereocenters. The molecule has 184 valence electrons. The highest BCUT2D eigenvalue weighted by Gasteiger charge is 2.30. The Bertz CT molecular complexity index is 900. The average Bonchev–Trinajstić information content (AvgIpc) is 2.71. The number of hydrogen-bond acceptors (Lipinski definition) is 5. The van der Waals surface area contributed by atoms with E-state index >= 15 is 0 Å². The lowest BCUT2D eigenvalue weighted by Crippen LogP contribution is -2.27. The molecular weight excluding hydrogens is 433 g/mol. The molecule has 2 aromatic carbocycles. The summed E-state index contributed by atoms with van der Waals surface area (Å²) in [5.74, 6) is 0.353. The second-order valence-electron chi connectivity index (χ2n) is 10.5. The Balaban J connectivity index is 2.56. The molecule has 1 atom stereocenters. The van der Waals surface area contributed by atoms with Crippen LogP contribution in [0.4, 0.5) is 0 Å². The zero-order valence-corrected chi connectivity index (χ0v) is 22.5. The predicted octanol–water partition coefficient (Wildman–Crippen LogP) is 7.08. The highest BCUT2D eigenvalue weighted by atomic mass is 31.2. The van der Waals surface area contributed by atoms with Crippen molar-refractivity contribution in [2.24, 2.45) is 0 Å². The number of phenolic OH excluding ortho intramolecular Hbond substituents is 1. The van der Waals surface area contributed by atoms with Crippen LogP contribution >= 0.6 is 7.60 Å². The number of benzene rings is 2. The number of rotatable bonds is 10. The average molecular weight is 476 g/mol. The van der Waals surface area contributed by atoms with Gasteiger partial charge < -0.3 is 14.2 Å². The Morgan fingerprint density at radius 2 is 1.39 bits per heavy atom. The van der Waals surface area contributed by atoms with Gasteiger partial charge in [0.15, 0.2) is 0 Å². The van der Waals surface area contributed by atoms with Gasteiger partial charge in [0.1, 0.15) is 5.75 Å². The fraction of sp³-hybridized carbons (Fsp3) is 0.556. The molecule has 0 saturated heterocycles. The summed E-state index contributed by atoms with van der Waals surface area (Å²) in [5.41, 5.74) is 3.56. The third-order valence-electron chi connectivity index (χ3n) is 5.62. The van der Waals surface area contributed by atoms with Crippen LogP contribution in [0.3, 0.4) is 0 Å². The van der Waals surface area contributed by atoms with Crippen molar-refractivity contribution in [2.45, 2.75) is 78.7 Å². The Morgan fingerprint density at radius 3 is 1.82 bits per heavy atom. The third kappa shape index (κ3) is 7.68. The van der Waals surface area contributed by atoms with E-state index < -0.39 is 7.60 Å². The maximum absolute atomic E-state index is 13.2. The highest BCUT2D eigenvalue weighted by molar-refractivity contribution is 7.53. The van der Waals surface area contributed by atoms with Crippen LogP contribution in [0.5, 0.6) is 5.75 Å². The first-order chi connectivity index (χ1) is 15.3. The molecule has 2 aromatic rings. The van der Waals surface area contributed by atoms with Crippen LogP contribution in [-0.4, -0.2) is 24.6 Å². The van der Waals surface area contributed by atoms with Crippen molar-refractivity contribution < 1.29 is 18.7 Å². The smallest absolute Gasteiger partial charge is 0.344 e. The minimum atomic E-state index is -3.26. The van der Waals surface area contributed by atoms with E-state index in [1.54, 1.807) is 0 Å². The van der Waals surface area contributed by atoms with Crippen LogP contribution in [0.2, 0.25) is 0 Å². The molecule has 33 heavy (non-hydrogen) atoms. The molecule has 0 saturated carbocycles. The first-order valence-electron chi connectivity index (χ1n) is 11.8. The van der Waals surface area contributed by atoms with E-state index in [1.807, 2.05) is 32.0 Å². The summed E-state index contributed by atoms with van der Waals surface area (Å²) in [7, 11) is -3.26. The number of phenols is 1. The van der Waals surface area contributed by atoms with Crippen LogP contribution in [0.1, 0.15) is 83.7 Å². The Kier molecular flexibility index (Phi) is 9.35. The highest BCUT2D eigenvalue weighted by Crippen LogP contribution is 2.48. The minimum absolute atomic E-state index is 0.114. The van der Waals surface area contributed by atoms with Crippen LogP contribution in [0.25, 0.3) is 0 Å². The van der Waals surface area contributed by atoms with E-state index in [2.05, 4.69) is 71.1 Å². The van der Waals surface area contributed by atoms with Crippen molar-refractivity contribution in [3.63, 3.8) is 0 Å². The van der Waals surface area contributed by atoms with Gasteiger partial charge in [-0.25, -0.2) is 0 Å². The SMILES string of the molecule is CCOP(=O)(CNC(Cc1ccccc1)c1cc(C(C)(C)C)c(O)c(C(C)(C)C)c1)OCC. The summed E-state index contributed by atoms with van der Waals surface area (Å²) >= 11 is 0. The quantitative estimate of drug-likeness (QED) is 0.359. The maximum Gasteiger partial charge on any atom is 0.344 e. The van der Waals surface area contributed by atoms with Crippen molar-refractivity contribution in [1.29, 1.82) is 0 Å². The molecule has 6 heteroatoms. The summed E-state index contributed by atoms with van der Waals surface area (Å²) in [6, 6.07) is 14.3. The van der Waals surface area contributed by atoms with Crippen molar-refractivity contribution >= 4 is 7.60 Å². The molecule has 0 amide bonds. The van der Waals surface area contributed by atoms with Crippen molar-refractivity contribution in [3.8, 4) is 5.75 Å². The number of aromatic hydroxyl groups is 1. The van der Waals surface area contributed by atoms with Crippen molar-refractivity contribution in [1.82, 2.24) is 5.32 Å². The zero-order valence-electron chi connectivity index (χ0n) is 21.6. The lowest BCUT2D eigenvalue weighted by atomic mass is 9.77. The topological polar surface area (TPSA) is 67.8 Å². The first-order valence-corrected chi connectivity index (χ1v) is 13.6. The molecule has 0 spiro atoms. The van der Waals surface area contributed by atoms with Crippen LogP contribution in [0, 0.1) is 0 Å². The second-order valence-corrected chi connectivity index (χ2v) is 12.6. The molecule has 0 aliphatic carbocycles. The fourth-order valence-corrected chi connectivity index (χ4v) is 5.39. The lowest BCUT2D eigenvalue weighted by Gasteiger charge is -2.31. The maximum atomic E-state index is 13.2. The molecule has 0 aliphatic rings. The zero-order chi connectivity index (χ0) is 24.9. The second kappa shape index (κ2) is 11.2. The summed E-state index contributed by atoms with van der Waals surface area (Å²) in [6.07, 6.45) is 0.819. The molecule has 5 nitrogen and oxygen atoms in total. The van der Waals surface area contributed by atoms with Gasteiger partial charge in [-0.2, -0.15) is 0 Å².